The molecule has 1 fully saturated rings. The lowest BCUT2D eigenvalue weighted by molar-refractivity contribution is -0.122. The summed E-state index contributed by atoms with van der Waals surface area (Å²) < 4.78 is 13.0. The van der Waals surface area contributed by atoms with E-state index in [-0.39, 0.29) is 24.1 Å². The Balaban J connectivity index is 1.79. The fraction of sp³-hybridized carbons (Fsp3) is 0.467. The van der Waals surface area contributed by atoms with Crippen molar-refractivity contribution in [3.8, 4) is 0 Å². The zero-order chi connectivity index (χ0) is 15.2. The van der Waals surface area contributed by atoms with E-state index in [9.17, 15) is 19.1 Å². The van der Waals surface area contributed by atoms with Crippen LogP contribution in [0.3, 0.4) is 0 Å². The van der Waals surface area contributed by atoms with Crippen molar-refractivity contribution in [1.82, 2.24) is 10.6 Å². The Hall–Kier alpha value is -1.95. The molecule has 0 aromatic heterocycles. The molecule has 5 nitrogen and oxygen atoms in total. The van der Waals surface area contributed by atoms with E-state index < -0.39 is 17.8 Å². The molecule has 1 saturated carbocycles. The smallest absolute Gasteiger partial charge is 0.251 e. The van der Waals surface area contributed by atoms with Crippen molar-refractivity contribution in [3.05, 3.63) is 35.6 Å². The van der Waals surface area contributed by atoms with E-state index in [2.05, 4.69) is 10.6 Å². The highest BCUT2D eigenvalue weighted by molar-refractivity contribution is 5.96. The molecule has 0 radical (unpaired) electrons. The standard InChI is InChI=1S/C15H19FN2O3/c16-11-5-3-4-10(8-11)15(21)17-9-14(20)18-12-6-1-2-7-13(12)19/h3-5,8,12-13,19H,1-2,6-7,9H2,(H,17,21)(H,18,20). The minimum atomic E-state index is -0.526. The van der Waals surface area contributed by atoms with Gasteiger partial charge in [-0.25, -0.2) is 4.39 Å². The Morgan fingerprint density at radius 1 is 1.29 bits per heavy atom. The number of carbonyl (C=O) groups is 2. The van der Waals surface area contributed by atoms with E-state index in [4.69, 9.17) is 0 Å². The predicted molar refractivity (Wildman–Crippen MR) is 75.1 cm³/mol. The highest BCUT2D eigenvalue weighted by Gasteiger charge is 2.24. The lowest BCUT2D eigenvalue weighted by Gasteiger charge is -2.28. The summed E-state index contributed by atoms with van der Waals surface area (Å²) in [6.07, 6.45) is 2.83. The number of nitrogens with one attached hydrogen (secondary N) is 2. The molecular formula is C15H19FN2O3. The third-order valence-electron chi connectivity index (χ3n) is 3.57. The van der Waals surface area contributed by atoms with Gasteiger partial charge in [0.1, 0.15) is 5.82 Å². The monoisotopic (exact) mass is 294 g/mol. The van der Waals surface area contributed by atoms with Gasteiger partial charge in [0.25, 0.3) is 5.91 Å². The lowest BCUT2D eigenvalue weighted by Crippen LogP contribution is -2.48. The number of rotatable bonds is 4. The summed E-state index contributed by atoms with van der Waals surface area (Å²) in [4.78, 5) is 23.5. The van der Waals surface area contributed by atoms with Gasteiger partial charge in [-0.15, -0.1) is 0 Å². The van der Waals surface area contributed by atoms with Crippen LogP contribution in [0, 0.1) is 5.82 Å². The van der Waals surface area contributed by atoms with E-state index in [1.807, 2.05) is 0 Å². The number of benzene rings is 1. The first-order chi connectivity index (χ1) is 10.1. The summed E-state index contributed by atoms with van der Waals surface area (Å²) in [6.45, 7) is -0.196. The highest BCUT2D eigenvalue weighted by atomic mass is 19.1. The van der Waals surface area contributed by atoms with Crippen molar-refractivity contribution >= 4 is 11.8 Å². The van der Waals surface area contributed by atoms with Gasteiger partial charge >= 0.3 is 0 Å². The van der Waals surface area contributed by atoms with Crippen LogP contribution in [-0.2, 0) is 4.79 Å². The molecule has 1 aliphatic rings. The summed E-state index contributed by atoms with van der Waals surface area (Å²) in [5.74, 6) is -1.36. The number of amides is 2. The molecule has 2 atom stereocenters. The number of hydrogen-bond acceptors (Lipinski definition) is 3. The second kappa shape index (κ2) is 7.17. The second-order valence-corrected chi connectivity index (χ2v) is 5.22. The van der Waals surface area contributed by atoms with Gasteiger partial charge in [-0.2, -0.15) is 0 Å². The fourth-order valence-electron chi connectivity index (χ4n) is 2.43. The first-order valence-electron chi connectivity index (χ1n) is 7.07. The maximum absolute atomic E-state index is 13.0. The average molecular weight is 294 g/mol. The van der Waals surface area contributed by atoms with Crippen molar-refractivity contribution in [2.45, 2.75) is 37.8 Å². The third kappa shape index (κ3) is 4.53. The maximum atomic E-state index is 13.0. The molecule has 1 aromatic carbocycles. The molecule has 2 rings (SSSR count). The lowest BCUT2D eigenvalue weighted by atomic mass is 9.92. The van der Waals surface area contributed by atoms with E-state index in [1.165, 1.54) is 18.2 Å². The van der Waals surface area contributed by atoms with Crippen molar-refractivity contribution in [2.75, 3.05) is 6.54 Å². The van der Waals surface area contributed by atoms with E-state index in [0.717, 1.165) is 25.3 Å². The molecule has 0 bridgehead atoms. The summed E-state index contributed by atoms with van der Waals surface area (Å²) in [5, 5.41) is 14.9. The van der Waals surface area contributed by atoms with Crippen LogP contribution < -0.4 is 10.6 Å². The fourth-order valence-corrected chi connectivity index (χ4v) is 2.43. The Labute approximate surface area is 122 Å². The molecule has 21 heavy (non-hydrogen) atoms. The Morgan fingerprint density at radius 3 is 2.76 bits per heavy atom. The number of aliphatic hydroxyl groups is 1. The maximum Gasteiger partial charge on any atom is 0.251 e. The third-order valence-corrected chi connectivity index (χ3v) is 3.57. The van der Waals surface area contributed by atoms with Crippen LogP contribution in [-0.4, -0.2) is 35.6 Å². The van der Waals surface area contributed by atoms with Crippen molar-refractivity contribution < 1.29 is 19.1 Å². The van der Waals surface area contributed by atoms with Crippen molar-refractivity contribution in [2.24, 2.45) is 0 Å². The molecule has 1 aliphatic carbocycles. The molecule has 0 saturated heterocycles. The molecule has 0 spiro atoms. The molecule has 2 amide bonds. The molecule has 1 aromatic rings. The predicted octanol–water partition coefficient (Wildman–Crippen LogP) is 0.975. The topological polar surface area (TPSA) is 78.4 Å². The van der Waals surface area contributed by atoms with Crippen LogP contribution >= 0.6 is 0 Å². The van der Waals surface area contributed by atoms with E-state index in [1.54, 1.807) is 0 Å². The van der Waals surface area contributed by atoms with Gasteiger partial charge in [0, 0.05) is 5.56 Å². The minimum Gasteiger partial charge on any atom is -0.391 e. The quantitative estimate of drug-likeness (QED) is 0.774. The van der Waals surface area contributed by atoms with Gasteiger partial charge in [-0.05, 0) is 31.0 Å². The van der Waals surface area contributed by atoms with Gasteiger partial charge in [0.2, 0.25) is 5.91 Å². The van der Waals surface area contributed by atoms with Gasteiger partial charge in [-0.1, -0.05) is 18.9 Å². The molecule has 114 valence electrons. The van der Waals surface area contributed by atoms with Gasteiger partial charge in [0.05, 0.1) is 18.7 Å². The molecule has 0 heterocycles. The zero-order valence-corrected chi connectivity index (χ0v) is 11.6. The number of halogens is 1. The summed E-state index contributed by atoms with van der Waals surface area (Å²) in [6, 6.07) is 5.01. The van der Waals surface area contributed by atoms with Crippen LogP contribution in [0.15, 0.2) is 24.3 Å². The van der Waals surface area contributed by atoms with Crippen molar-refractivity contribution in [3.63, 3.8) is 0 Å². The van der Waals surface area contributed by atoms with Crippen LogP contribution in [0.1, 0.15) is 36.0 Å². The molecule has 0 aliphatic heterocycles. The molecule has 6 heteroatoms. The summed E-state index contributed by atoms with van der Waals surface area (Å²) in [7, 11) is 0. The average Bonchev–Trinajstić information content (AvgIpc) is 2.47. The SMILES string of the molecule is O=C(CNC(=O)c1cccc(F)c1)NC1CCCCC1O. The Bertz CT molecular complexity index is 521. The van der Waals surface area contributed by atoms with Crippen molar-refractivity contribution in [1.29, 1.82) is 0 Å². The Morgan fingerprint density at radius 2 is 2.05 bits per heavy atom. The first kappa shape index (κ1) is 15.4. The summed E-state index contributed by atoms with van der Waals surface area (Å²) >= 11 is 0. The van der Waals surface area contributed by atoms with E-state index in [0.29, 0.717) is 6.42 Å². The normalized spacial score (nSPS) is 21.6. The number of carbonyl (C=O) groups excluding carboxylic acids is 2. The second-order valence-electron chi connectivity index (χ2n) is 5.22. The van der Waals surface area contributed by atoms with Crippen LogP contribution in [0.5, 0.6) is 0 Å². The first-order valence-corrected chi connectivity index (χ1v) is 7.07. The minimum absolute atomic E-state index is 0.167. The van der Waals surface area contributed by atoms with Gasteiger partial charge in [-0.3, -0.25) is 9.59 Å². The number of aliphatic hydroxyl groups excluding tert-OH is 1. The van der Waals surface area contributed by atoms with Crippen LogP contribution in [0.2, 0.25) is 0 Å². The van der Waals surface area contributed by atoms with Gasteiger partial charge < -0.3 is 15.7 Å². The molecular weight excluding hydrogens is 275 g/mol. The molecule has 2 unspecified atom stereocenters. The number of hydrogen-bond donors (Lipinski definition) is 3. The van der Waals surface area contributed by atoms with E-state index >= 15 is 0 Å². The van der Waals surface area contributed by atoms with Gasteiger partial charge in [0.15, 0.2) is 0 Å². The van der Waals surface area contributed by atoms with Crippen LogP contribution in [0.25, 0.3) is 0 Å². The zero-order valence-electron chi connectivity index (χ0n) is 11.6. The highest BCUT2D eigenvalue weighted by Crippen LogP contribution is 2.18. The molecule has 3 N–H and O–H groups in total. The summed E-state index contributed by atoms with van der Waals surface area (Å²) in [5.41, 5.74) is 0.167. The van der Waals surface area contributed by atoms with Crippen LogP contribution in [0.4, 0.5) is 4.39 Å². The largest absolute Gasteiger partial charge is 0.391 e. The Kier molecular flexibility index (Phi) is 5.27.